The Morgan fingerprint density at radius 1 is 1.50 bits per heavy atom. The van der Waals surface area contributed by atoms with Crippen molar-refractivity contribution in [2.45, 2.75) is 4.83 Å². The summed E-state index contributed by atoms with van der Waals surface area (Å²) in [4.78, 5) is -0.414. The van der Waals surface area contributed by atoms with Crippen LogP contribution < -0.4 is 4.74 Å². The number of methoxy groups -OCH3 is 1. The molecule has 0 N–H and O–H groups in total. The molecule has 0 heterocycles. The number of benzene rings is 1. The Morgan fingerprint density at radius 2 is 2.12 bits per heavy atom. The molecule has 0 spiro atoms. The van der Waals surface area contributed by atoms with E-state index in [4.69, 9.17) is 4.74 Å². The van der Waals surface area contributed by atoms with Gasteiger partial charge in [-0.05, 0) is 17.7 Å². The van der Waals surface area contributed by atoms with Crippen molar-refractivity contribution in [1.82, 2.24) is 0 Å². The number of halogens is 2. The van der Waals surface area contributed by atoms with Crippen LogP contribution in [0.25, 0.3) is 0 Å². The highest BCUT2D eigenvalue weighted by Crippen LogP contribution is 2.28. The summed E-state index contributed by atoms with van der Waals surface area (Å²) in [5, 5.41) is 0. The number of sulfone groups is 1. The average molecular weight is 311 g/mol. The Hall–Kier alpha value is -0.620. The molecule has 1 aromatic carbocycles. The van der Waals surface area contributed by atoms with Crippen LogP contribution in [-0.2, 0) is 9.84 Å². The van der Waals surface area contributed by atoms with Gasteiger partial charge in [-0.2, -0.15) is 0 Å². The second-order valence-corrected chi connectivity index (χ2v) is 6.74. The van der Waals surface area contributed by atoms with Crippen molar-refractivity contribution in [2.24, 2.45) is 0 Å². The third-order valence-corrected chi connectivity index (χ3v) is 4.21. The summed E-state index contributed by atoms with van der Waals surface area (Å²) >= 11 is 3.22. The van der Waals surface area contributed by atoms with Gasteiger partial charge in [-0.1, -0.05) is 22.0 Å². The molecule has 1 rings (SSSR count). The highest BCUT2D eigenvalue weighted by atomic mass is 79.9. The smallest absolute Gasteiger partial charge is 0.165 e. The quantitative estimate of drug-likeness (QED) is 0.802. The summed E-state index contributed by atoms with van der Waals surface area (Å²) in [5.41, 5.74) is 0.573. The second-order valence-electron chi connectivity index (χ2n) is 3.45. The Kier molecular flexibility index (Phi) is 4.32. The largest absolute Gasteiger partial charge is 0.494 e. The molecule has 6 heteroatoms. The Labute approximate surface area is 103 Å². The minimum absolute atomic E-state index is 0.0707. The van der Waals surface area contributed by atoms with Crippen molar-refractivity contribution >= 4 is 25.8 Å². The summed E-state index contributed by atoms with van der Waals surface area (Å²) in [5.74, 6) is -0.431. The van der Waals surface area contributed by atoms with E-state index in [1.165, 1.54) is 19.2 Å². The van der Waals surface area contributed by atoms with Crippen molar-refractivity contribution in [1.29, 1.82) is 0 Å². The zero-order chi connectivity index (χ0) is 12.3. The lowest BCUT2D eigenvalue weighted by atomic mass is 10.1. The molecule has 90 valence electrons. The number of hydrogen-bond donors (Lipinski definition) is 0. The van der Waals surface area contributed by atoms with Crippen LogP contribution in [0.2, 0.25) is 0 Å². The van der Waals surface area contributed by atoms with Gasteiger partial charge in [0.25, 0.3) is 0 Å². The molecule has 0 aliphatic carbocycles. The van der Waals surface area contributed by atoms with Crippen molar-refractivity contribution in [3.63, 3.8) is 0 Å². The molecule has 0 aliphatic rings. The van der Waals surface area contributed by atoms with Gasteiger partial charge in [-0.25, -0.2) is 12.8 Å². The van der Waals surface area contributed by atoms with Gasteiger partial charge in [-0.15, -0.1) is 0 Å². The highest BCUT2D eigenvalue weighted by Gasteiger charge is 2.16. The molecule has 1 unspecified atom stereocenters. The van der Waals surface area contributed by atoms with Crippen LogP contribution in [0.4, 0.5) is 4.39 Å². The van der Waals surface area contributed by atoms with E-state index in [1.807, 2.05) is 0 Å². The molecule has 3 nitrogen and oxygen atoms in total. The maximum atomic E-state index is 13.3. The third-order valence-electron chi connectivity index (χ3n) is 1.99. The number of rotatable bonds is 4. The fourth-order valence-corrected chi connectivity index (χ4v) is 3.69. The first-order chi connectivity index (χ1) is 7.33. The van der Waals surface area contributed by atoms with E-state index < -0.39 is 20.5 Å². The normalized spacial score (nSPS) is 13.5. The van der Waals surface area contributed by atoms with Gasteiger partial charge in [0.05, 0.1) is 17.7 Å². The molecule has 1 aromatic rings. The van der Waals surface area contributed by atoms with Crippen molar-refractivity contribution in [3.8, 4) is 5.75 Å². The lowest BCUT2D eigenvalue weighted by Gasteiger charge is -2.10. The molecule has 0 saturated carbocycles. The Morgan fingerprint density at radius 3 is 2.56 bits per heavy atom. The van der Waals surface area contributed by atoms with E-state index in [0.717, 1.165) is 6.26 Å². The first-order valence-corrected chi connectivity index (χ1v) is 7.46. The van der Waals surface area contributed by atoms with Gasteiger partial charge < -0.3 is 4.74 Å². The summed E-state index contributed by atoms with van der Waals surface area (Å²) < 4.78 is 40.3. The van der Waals surface area contributed by atoms with Crippen LogP contribution in [0.1, 0.15) is 10.4 Å². The Bertz CT molecular complexity index is 473. The van der Waals surface area contributed by atoms with Gasteiger partial charge in [0.15, 0.2) is 11.6 Å². The molecule has 0 aromatic heterocycles. The number of ether oxygens (including phenoxy) is 1. The lowest BCUT2D eigenvalue weighted by Crippen LogP contribution is -2.08. The van der Waals surface area contributed by atoms with Gasteiger partial charge >= 0.3 is 0 Å². The van der Waals surface area contributed by atoms with Crippen LogP contribution in [0, 0.1) is 5.82 Å². The topological polar surface area (TPSA) is 43.4 Å². The maximum Gasteiger partial charge on any atom is 0.165 e. The first kappa shape index (κ1) is 13.4. The highest BCUT2D eigenvalue weighted by molar-refractivity contribution is 9.09. The number of hydrogen-bond acceptors (Lipinski definition) is 3. The van der Waals surface area contributed by atoms with Crippen LogP contribution >= 0.6 is 15.9 Å². The molecule has 1 atom stereocenters. The molecular weight excluding hydrogens is 299 g/mol. The lowest BCUT2D eigenvalue weighted by molar-refractivity contribution is 0.386. The third kappa shape index (κ3) is 3.75. The van der Waals surface area contributed by atoms with Crippen molar-refractivity contribution < 1.29 is 17.5 Å². The predicted molar refractivity (Wildman–Crippen MR) is 64.3 cm³/mol. The molecule has 0 saturated heterocycles. The molecule has 0 radical (unpaired) electrons. The molecule has 0 amide bonds. The van der Waals surface area contributed by atoms with E-state index in [9.17, 15) is 12.8 Å². The van der Waals surface area contributed by atoms with Gasteiger partial charge in [0, 0.05) is 6.26 Å². The van der Waals surface area contributed by atoms with Gasteiger partial charge in [-0.3, -0.25) is 0 Å². The minimum Gasteiger partial charge on any atom is -0.494 e. The summed E-state index contributed by atoms with van der Waals surface area (Å²) in [6.07, 6.45) is 1.14. The van der Waals surface area contributed by atoms with Crippen LogP contribution in [0.5, 0.6) is 5.75 Å². The first-order valence-electron chi connectivity index (χ1n) is 4.48. The van der Waals surface area contributed by atoms with E-state index >= 15 is 0 Å². The van der Waals surface area contributed by atoms with E-state index in [1.54, 1.807) is 6.07 Å². The monoisotopic (exact) mass is 310 g/mol. The van der Waals surface area contributed by atoms with E-state index in [0.29, 0.717) is 5.56 Å². The van der Waals surface area contributed by atoms with Crippen LogP contribution in [-0.4, -0.2) is 27.5 Å². The summed E-state index contributed by atoms with van der Waals surface area (Å²) in [6.45, 7) is 0. The predicted octanol–water partition coefficient (Wildman–Crippen LogP) is 2.31. The molecular formula is C10H12BrFO3S. The summed E-state index contributed by atoms with van der Waals surface area (Å²) in [7, 11) is -1.73. The van der Waals surface area contributed by atoms with E-state index in [-0.39, 0.29) is 11.5 Å². The molecule has 0 bridgehead atoms. The van der Waals surface area contributed by atoms with Gasteiger partial charge in [0.1, 0.15) is 9.84 Å². The fraction of sp³-hybridized carbons (Fsp3) is 0.400. The maximum absolute atomic E-state index is 13.3. The summed E-state index contributed by atoms with van der Waals surface area (Å²) in [6, 6.07) is 4.37. The average Bonchev–Trinajstić information content (AvgIpc) is 2.15. The Balaban J connectivity index is 2.93. The fourth-order valence-electron chi connectivity index (χ4n) is 1.24. The molecule has 0 fully saturated rings. The minimum atomic E-state index is -3.10. The molecule has 0 aliphatic heterocycles. The zero-order valence-electron chi connectivity index (χ0n) is 8.91. The second kappa shape index (κ2) is 5.14. The zero-order valence-corrected chi connectivity index (χ0v) is 11.3. The number of alkyl halides is 1. The van der Waals surface area contributed by atoms with Crippen molar-refractivity contribution in [2.75, 3.05) is 19.1 Å². The van der Waals surface area contributed by atoms with E-state index in [2.05, 4.69) is 15.9 Å². The van der Waals surface area contributed by atoms with Crippen LogP contribution in [0.15, 0.2) is 18.2 Å². The van der Waals surface area contributed by atoms with Gasteiger partial charge in [0.2, 0.25) is 0 Å². The van der Waals surface area contributed by atoms with Crippen LogP contribution in [0.3, 0.4) is 0 Å². The molecule has 16 heavy (non-hydrogen) atoms. The standard InChI is InChI=1S/C10H12BrFO3S/c1-15-10-4-3-7(5-9(10)12)8(11)6-16(2,13)14/h3-5,8H,6H2,1-2H3. The van der Waals surface area contributed by atoms with Crippen molar-refractivity contribution in [3.05, 3.63) is 29.6 Å². The SMILES string of the molecule is COc1ccc(C(Br)CS(C)(=O)=O)cc1F.